The number of nitrogens with zero attached hydrogens (tertiary/aromatic N) is 3. The highest BCUT2D eigenvalue weighted by atomic mass is 32.2. The lowest BCUT2D eigenvalue weighted by Crippen LogP contribution is -2.65. The monoisotopic (exact) mass is 1020 g/mol. The number of aromatic nitrogens is 2. The van der Waals surface area contributed by atoms with Gasteiger partial charge in [-0.25, -0.2) is 30.4 Å². The van der Waals surface area contributed by atoms with Gasteiger partial charge in [-0.05, 0) is 107 Å². The van der Waals surface area contributed by atoms with Gasteiger partial charge in [-0.2, -0.15) is 0 Å². The Morgan fingerprint density at radius 1 is 0.648 bits per heavy atom. The molecule has 4 heterocycles. The molecule has 1 amide bonds. The van der Waals surface area contributed by atoms with Gasteiger partial charge in [-0.3, -0.25) is 19.6 Å². The Bertz CT molecular complexity index is 3210. The number of amides is 1. The van der Waals surface area contributed by atoms with E-state index in [1.54, 1.807) is 71.0 Å². The lowest BCUT2D eigenvalue weighted by Gasteiger charge is -2.47. The zero-order valence-corrected chi connectivity index (χ0v) is 41.8. The van der Waals surface area contributed by atoms with Gasteiger partial charge in [-0.15, -0.1) is 0 Å². The number of rotatable bonds is 14. The van der Waals surface area contributed by atoms with Crippen LogP contribution >= 0.6 is 0 Å². The van der Waals surface area contributed by atoms with Crippen molar-refractivity contribution in [3.63, 3.8) is 0 Å². The van der Waals surface area contributed by atoms with Gasteiger partial charge in [-0.1, -0.05) is 24.3 Å². The first-order chi connectivity index (χ1) is 33.5. The number of carbonyl (C=O) groups excluding carboxylic acids is 3. The van der Waals surface area contributed by atoms with Gasteiger partial charge in [0, 0.05) is 59.5 Å². The third kappa shape index (κ3) is 11.7. The smallest absolute Gasteiger partial charge is 0.410 e. The van der Waals surface area contributed by atoms with E-state index in [4.69, 9.17) is 23.7 Å². The minimum absolute atomic E-state index is 0.00104. The van der Waals surface area contributed by atoms with Crippen LogP contribution in [0.4, 0.5) is 13.6 Å². The number of aryl methyl sites for hydroxylation is 2. The maximum Gasteiger partial charge on any atom is 0.410 e. The van der Waals surface area contributed by atoms with Crippen LogP contribution in [0.1, 0.15) is 43.3 Å². The van der Waals surface area contributed by atoms with Crippen LogP contribution in [-0.2, 0) is 56.7 Å². The van der Waals surface area contributed by atoms with Crippen molar-refractivity contribution >= 4 is 59.5 Å². The minimum Gasteiger partial charge on any atom is -0.489 e. The van der Waals surface area contributed by atoms with Crippen molar-refractivity contribution in [3.8, 4) is 11.5 Å². The van der Waals surface area contributed by atoms with Crippen molar-refractivity contribution in [2.24, 2.45) is 10.8 Å². The van der Waals surface area contributed by atoms with Gasteiger partial charge in [0.05, 0.1) is 35.5 Å². The highest BCUT2D eigenvalue weighted by molar-refractivity contribution is 7.91. The molecule has 0 spiro atoms. The van der Waals surface area contributed by atoms with E-state index in [2.05, 4.69) is 15.3 Å². The van der Waals surface area contributed by atoms with Crippen LogP contribution in [0, 0.1) is 36.3 Å². The van der Waals surface area contributed by atoms with E-state index in [1.165, 1.54) is 67.7 Å². The van der Waals surface area contributed by atoms with E-state index in [0.29, 0.717) is 33.7 Å². The van der Waals surface area contributed by atoms with Crippen LogP contribution in [0.3, 0.4) is 0 Å². The second-order valence-corrected chi connectivity index (χ2v) is 22.6. The maximum absolute atomic E-state index is 14.2. The van der Waals surface area contributed by atoms with Crippen LogP contribution in [0.5, 0.6) is 11.5 Å². The number of hydrogen-bond acceptors (Lipinski definition) is 15. The van der Waals surface area contributed by atoms with E-state index in [-0.39, 0.29) is 66.0 Å². The molecule has 0 saturated carbocycles. The van der Waals surface area contributed by atoms with Crippen LogP contribution in [-0.4, -0.2) is 107 Å². The van der Waals surface area contributed by atoms with E-state index in [0.717, 1.165) is 11.1 Å². The summed E-state index contributed by atoms with van der Waals surface area (Å²) in [7, 11) is -5.20. The molecule has 2 aliphatic heterocycles. The Balaban J connectivity index is 0.000000213. The number of ether oxygens (including phenoxy) is 5. The average Bonchev–Trinajstić information content (AvgIpc) is 3.29. The Morgan fingerprint density at radius 2 is 1.06 bits per heavy atom. The molecule has 16 nitrogen and oxygen atoms in total. The molecule has 0 aliphatic carbocycles. The number of nitrogens with one attached hydrogen (secondary N) is 1. The van der Waals surface area contributed by atoms with Crippen molar-refractivity contribution in [1.29, 1.82) is 0 Å². The summed E-state index contributed by atoms with van der Waals surface area (Å²) in [4.78, 5) is 46.9. The molecular weight excluding hydrogens is 963 g/mol. The number of para-hydroxylation sites is 2. The summed E-state index contributed by atoms with van der Waals surface area (Å²) in [6, 6.07) is 25.0. The van der Waals surface area contributed by atoms with Gasteiger partial charge in [0.15, 0.2) is 19.7 Å². The first kappa shape index (κ1) is 52.1. The number of hydrogen-bond donors (Lipinski definition) is 1. The molecular formula is C51H54F2N4O12S2. The van der Waals surface area contributed by atoms with Crippen molar-refractivity contribution < 1.29 is 63.7 Å². The van der Waals surface area contributed by atoms with Crippen LogP contribution < -0.4 is 14.8 Å². The van der Waals surface area contributed by atoms with Gasteiger partial charge in [0.2, 0.25) is 0 Å². The molecule has 0 bridgehead atoms. The van der Waals surface area contributed by atoms with Gasteiger partial charge in [0.1, 0.15) is 63.8 Å². The summed E-state index contributed by atoms with van der Waals surface area (Å²) < 4.78 is 107. The first-order valence-corrected chi connectivity index (χ1v) is 25.6. The zero-order valence-electron chi connectivity index (χ0n) is 40.2. The number of fused-ring (bicyclic) bond motifs is 2. The average molecular weight is 1020 g/mol. The number of esters is 2. The topological polar surface area (TPSA) is 207 Å². The summed E-state index contributed by atoms with van der Waals surface area (Å²) in [6.07, 6.45) is -0.624. The van der Waals surface area contributed by atoms with Crippen LogP contribution in [0.2, 0.25) is 0 Å². The Hall–Kier alpha value is -6.77. The number of benzene rings is 4. The summed E-state index contributed by atoms with van der Waals surface area (Å²) in [6.45, 7) is 9.28. The molecule has 2 aliphatic rings. The minimum atomic E-state index is -3.93. The van der Waals surface area contributed by atoms with Gasteiger partial charge >= 0.3 is 18.0 Å². The molecule has 0 atom stereocenters. The summed E-state index contributed by atoms with van der Waals surface area (Å²) in [5, 5.41) is 4.24. The first-order valence-electron chi connectivity index (χ1n) is 22.3. The molecule has 2 aromatic heterocycles. The van der Waals surface area contributed by atoms with E-state index in [1.807, 2.05) is 12.1 Å². The lowest BCUT2D eigenvalue weighted by atomic mass is 9.82. The third-order valence-corrected chi connectivity index (χ3v) is 15.7. The van der Waals surface area contributed by atoms with Crippen molar-refractivity contribution in [1.82, 2.24) is 20.2 Å². The zero-order chi connectivity index (χ0) is 51.5. The molecule has 4 aromatic carbocycles. The molecule has 376 valence electrons. The van der Waals surface area contributed by atoms with E-state index in [9.17, 15) is 40.0 Å². The van der Waals surface area contributed by atoms with Gasteiger partial charge in [0.25, 0.3) is 0 Å². The second-order valence-electron chi connectivity index (χ2n) is 18.6. The predicted molar refractivity (Wildman–Crippen MR) is 258 cm³/mol. The summed E-state index contributed by atoms with van der Waals surface area (Å²) >= 11 is 0. The lowest BCUT2D eigenvalue weighted by molar-refractivity contribution is -0.160. The fraction of sp³-hybridized carbons (Fsp3) is 0.353. The molecule has 71 heavy (non-hydrogen) atoms. The van der Waals surface area contributed by atoms with Gasteiger partial charge < -0.3 is 33.9 Å². The standard InChI is InChI=1S/C28H31FN2O7S.C23H23FN2O5S/c1-18-13-19(22-7-6-8-23(29)24(22)30-18)14-37-20-9-11-21(12-10-20)39(34,35)17-28(25(32)36-5)15-31(16-28)26(33)38-27(2,3)4;1-15-10-16(19-4-3-5-20(24)21(19)26-15)11-31-17-6-8-18(9-7-17)32(28,29)14-23(12-25-13-23)22(27)30-2/h6-13H,14-17H2,1-5H3;3-10,25H,11-14H2,1-2H3. The van der Waals surface area contributed by atoms with E-state index < -0.39 is 71.5 Å². The van der Waals surface area contributed by atoms with Crippen molar-refractivity contribution in [3.05, 3.63) is 131 Å². The fourth-order valence-electron chi connectivity index (χ4n) is 8.38. The molecule has 20 heteroatoms. The molecule has 0 radical (unpaired) electrons. The molecule has 6 aromatic rings. The normalized spacial score (nSPS) is 15.1. The second kappa shape index (κ2) is 20.5. The number of likely N-dealkylation sites (tertiary alicyclic amines) is 1. The summed E-state index contributed by atoms with van der Waals surface area (Å²) in [5.41, 5.74) is 0.218. The largest absolute Gasteiger partial charge is 0.489 e. The quantitative estimate of drug-likeness (QED) is 0.0843. The van der Waals surface area contributed by atoms with Crippen LogP contribution in [0.25, 0.3) is 21.8 Å². The van der Waals surface area contributed by atoms with Crippen LogP contribution in [0.15, 0.2) is 107 Å². The summed E-state index contributed by atoms with van der Waals surface area (Å²) in [5.74, 6) is -2.02. The number of halogens is 2. The number of sulfone groups is 2. The van der Waals surface area contributed by atoms with Crippen molar-refractivity contribution in [2.75, 3.05) is 51.9 Å². The third-order valence-electron chi connectivity index (χ3n) is 11.9. The number of methoxy groups -OCH3 is 2. The highest BCUT2D eigenvalue weighted by Crippen LogP contribution is 2.37. The Morgan fingerprint density at radius 3 is 1.44 bits per heavy atom. The molecule has 2 saturated heterocycles. The van der Waals surface area contributed by atoms with Crippen molar-refractivity contribution in [2.45, 2.75) is 63.2 Å². The number of pyridine rings is 2. The Kier molecular flexibility index (Phi) is 15.0. The maximum atomic E-state index is 14.2. The predicted octanol–water partition coefficient (Wildman–Crippen LogP) is 7.24. The van der Waals surface area contributed by atoms with E-state index >= 15 is 0 Å². The Labute approximate surface area is 410 Å². The molecule has 0 unspecified atom stereocenters. The molecule has 2 fully saturated rings. The SMILES string of the molecule is COC(=O)C1(CS(=O)(=O)c2ccc(OCc3cc(C)nc4c(F)cccc34)cc2)CN(C(=O)OC(C)(C)C)C1.COC(=O)C1(CS(=O)(=O)c2ccc(OCc3cc(C)nc4c(F)cccc34)cc2)CNC1. The molecule has 1 N–H and O–H groups in total. The number of carbonyl (C=O) groups is 3. The fourth-order valence-corrected chi connectivity index (χ4v) is 11.9. The molecule has 8 rings (SSSR count). The highest BCUT2D eigenvalue weighted by Gasteiger charge is 2.55.